The smallest absolute Gasteiger partial charge is 0.276 e. The summed E-state index contributed by atoms with van der Waals surface area (Å²) in [6, 6.07) is 11.2. The van der Waals surface area contributed by atoms with Crippen molar-refractivity contribution in [1.29, 1.82) is 0 Å². The summed E-state index contributed by atoms with van der Waals surface area (Å²) < 4.78 is 5.47. The van der Waals surface area contributed by atoms with Crippen LogP contribution < -0.4 is 4.74 Å². The predicted molar refractivity (Wildman–Crippen MR) is 73.9 cm³/mol. The minimum atomic E-state index is -0.465. The van der Waals surface area contributed by atoms with Crippen LogP contribution in [0, 0.1) is 10.1 Å². The number of nitro groups is 1. The van der Waals surface area contributed by atoms with E-state index in [4.69, 9.17) is 27.9 Å². The van der Waals surface area contributed by atoms with Gasteiger partial charge in [-0.1, -0.05) is 29.3 Å². The molecular formula is C13H9Cl2NO3. The van der Waals surface area contributed by atoms with Crippen molar-refractivity contribution in [2.24, 2.45) is 0 Å². The van der Waals surface area contributed by atoms with Crippen molar-refractivity contribution in [3.05, 3.63) is 68.2 Å². The van der Waals surface area contributed by atoms with Crippen molar-refractivity contribution in [3.8, 4) is 5.75 Å². The number of halogens is 2. The van der Waals surface area contributed by atoms with Crippen LogP contribution in [-0.4, -0.2) is 4.92 Å². The lowest BCUT2D eigenvalue weighted by Gasteiger charge is -2.07. The lowest BCUT2D eigenvalue weighted by molar-refractivity contribution is -0.385. The Labute approximate surface area is 119 Å². The second kappa shape index (κ2) is 5.91. The van der Waals surface area contributed by atoms with Gasteiger partial charge in [0.25, 0.3) is 5.69 Å². The molecule has 0 spiro atoms. The van der Waals surface area contributed by atoms with E-state index in [2.05, 4.69) is 0 Å². The van der Waals surface area contributed by atoms with Gasteiger partial charge >= 0.3 is 0 Å². The highest BCUT2D eigenvalue weighted by Crippen LogP contribution is 2.25. The molecule has 0 saturated carbocycles. The van der Waals surface area contributed by atoms with Gasteiger partial charge in [0.15, 0.2) is 0 Å². The SMILES string of the molecule is O=[N+]([O-])c1ccc(Cl)cc1COc1cccc(Cl)c1. The zero-order chi connectivity index (χ0) is 13.8. The van der Waals surface area contributed by atoms with Crippen LogP contribution in [0.3, 0.4) is 0 Å². The maximum atomic E-state index is 10.9. The predicted octanol–water partition coefficient (Wildman–Crippen LogP) is 4.48. The first-order chi connectivity index (χ1) is 9.06. The van der Waals surface area contributed by atoms with Gasteiger partial charge in [0, 0.05) is 16.1 Å². The highest BCUT2D eigenvalue weighted by molar-refractivity contribution is 6.31. The number of benzene rings is 2. The Morgan fingerprint density at radius 2 is 1.84 bits per heavy atom. The largest absolute Gasteiger partial charge is 0.489 e. The first kappa shape index (κ1) is 13.6. The quantitative estimate of drug-likeness (QED) is 0.617. The van der Waals surface area contributed by atoms with E-state index in [-0.39, 0.29) is 12.3 Å². The van der Waals surface area contributed by atoms with Gasteiger partial charge in [0.2, 0.25) is 0 Å². The summed E-state index contributed by atoms with van der Waals surface area (Å²) in [7, 11) is 0. The molecule has 0 aliphatic carbocycles. The summed E-state index contributed by atoms with van der Waals surface area (Å²) in [6.07, 6.45) is 0. The molecular weight excluding hydrogens is 289 g/mol. The van der Waals surface area contributed by atoms with Gasteiger partial charge < -0.3 is 4.74 Å². The Kier molecular flexibility index (Phi) is 4.24. The number of hydrogen-bond acceptors (Lipinski definition) is 3. The maximum absolute atomic E-state index is 10.9. The third kappa shape index (κ3) is 3.59. The van der Waals surface area contributed by atoms with Crippen molar-refractivity contribution in [1.82, 2.24) is 0 Å². The Bertz CT molecular complexity index is 617. The molecule has 0 atom stereocenters. The van der Waals surface area contributed by atoms with E-state index in [1.165, 1.54) is 18.2 Å². The number of nitro benzene ring substituents is 1. The van der Waals surface area contributed by atoms with Crippen LogP contribution in [-0.2, 0) is 6.61 Å². The van der Waals surface area contributed by atoms with Crippen molar-refractivity contribution >= 4 is 28.9 Å². The Morgan fingerprint density at radius 3 is 2.53 bits per heavy atom. The normalized spacial score (nSPS) is 10.2. The van der Waals surface area contributed by atoms with Crippen LogP contribution in [0.2, 0.25) is 10.0 Å². The van der Waals surface area contributed by atoms with Crippen LogP contribution in [0.5, 0.6) is 5.75 Å². The van der Waals surface area contributed by atoms with Crippen LogP contribution in [0.1, 0.15) is 5.56 Å². The Hall–Kier alpha value is -1.78. The summed E-state index contributed by atoms with van der Waals surface area (Å²) in [4.78, 5) is 10.4. The molecule has 2 aromatic carbocycles. The van der Waals surface area contributed by atoms with E-state index in [0.29, 0.717) is 21.4 Å². The topological polar surface area (TPSA) is 52.4 Å². The fraction of sp³-hybridized carbons (Fsp3) is 0.0769. The van der Waals surface area contributed by atoms with Gasteiger partial charge in [-0.2, -0.15) is 0 Å². The fourth-order valence-corrected chi connectivity index (χ4v) is 1.94. The van der Waals surface area contributed by atoms with Gasteiger partial charge in [0.1, 0.15) is 12.4 Å². The molecule has 4 nitrogen and oxygen atoms in total. The molecule has 0 unspecified atom stereocenters. The summed E-state index contributed by atoms with van der Waals surface area (Å²) in [5.74, 6) is 0.543. The second-order valence-corrected chi connectivity index (χ2v) is 4.65. The van der Waals surface area contributed by atoms with E-state index in [1.807, 2.05) is 0 Å². The summed E-state index contributed by atoms with van der Waals surface area (Å²) in [5, 5.41) is 11.9. The third-order valence-corrected chi connectivity index (χ3v) is 2.90. The molecule has 19 heavy (non-hydrogen) atoms. The molecule has 0 heterocycles. The minimum Gasteiger partial charge on any atom is -0.489 e. The lowest BCUT2D eigenvalue weighted by atomic mass is 10.2. The Balaban J connectivity index is 2.19. The number of rotatable bonds is 4. The van der Waals surface area contributed by atoms with Gasteiger partial charge in [-0.15, -0.1) is 0 Å². The molecule has 0 saturated heterocycles. The van der Waals surface area contributed by atoms with Crippen molar-refractivity contribution < 1.29 is 9.66 Å². The summed E-state index contributed by atoms with van der Waals surface area (Å²) in [5.41, 5.74) is 0.393. The van der Waals surface area contributed by atoms with Crippen molar-refractivity contribution in [3.63, 3.8) is 0 Å². The van der Waals surface area contributed by atoms with Gasteiger partial charge in [-0.3, -0.25) is 10.1 Å². The zero-order valence-electron chi connectivity index (χ0n) is 9.68. The minimum absolute atomic E-state index is 0.0218. The molecule has 0 aromatic heterocycles. The molecule has 0 aliphatic rings. The van der Waals surface area contributed by atoms with Gasteiger partial charge in [0.05, 0.1) is 10.5 Å². The van der Waals surface area contributed by atoms with Gasteiger partial charge in [-0.05, 0) is 30.3 Å². The molecule has 2 rings (SSSR count). The lowest BCUT2D eigenvalue weighted by Crippen LogP contribution is -2.00. The van der Waals surface area contributed by atoms with Gasteiger partial charge in [-0.25, -0.2) is 0 Å². The Morgan fingerprint density at radius 1 is 1.11 bits per heavy atom. The number of hydrogen-bond donors (Lipinski definition) is 0. The molecule has 2 aromatic rings. The molecule has 0 bridgehead atoms. The van der Waals surface area contributed by atoms with E-state index in [1.54, 1.807) is 24.3 Å². The van der Waals surface area contributed by atoms with Crippen LogP contribution in [0.15, 0.2) is 42.5 Å². The molecule has 0 fully saturated rings. The molecule has 98 valence electrons. The fourth-order valence-electron chi connectivity index (χ4n) is 1.57. The average Bonchev–Trinajstić information content (AvgIpc) is 2.36. The summed E-state index contributed by atoms with van der Waals surface area (Å²) in [6.45, 7) is 0.0528. The molecule has 0 amide bonds. The van der Waals surface area contributed by atoms with Crippen molar-refractivity contribution in [2.75, 3.05) is 0 Å². The molecule has 0 radical (unpaired) electrons. The van der Waals surface area contributed by atoms with Crippen molar-refractivity contribution in [2.45, 2.75) is 6.61 Å². The number of nitrogens with zero attached hydrogens (tertiary/aromatic N) is 1. The zero-order valence-corrected chi connectivity index (χ0v) is 11.2. The standard InChI is InChI=1S/C13H9Cl2NO3/c14-10-2-1-3-12(7-10)19-8-9-6-11(15)4-5-13(9)16(17)18/h1-7H,8H2. The number of ether oxygens (including phenoxy) is 1. The van der Waals surface area contributed by atoms with E-state index in [0.717, 1.165) is 0 Å². The molecule has 0 N–H and O–H groups in total. The third-order valence-electron chi connectivity index (χ3n) is 2.43. The molecule has 6 heteroatoms. The highest BCUT2D eigenvalue weighted by Gasteiger charge is 2.14. The van der Waals surface area contributed by atoms with E-state index >= 15 is 0 Å². The first-order valence-corrected chi connectivity index (χ1v) is 6.13. The second-order valence-electron chi connectivity index (χ2n) is 3.78. The van der Waals surface area contributed by atoms with E-state index < -0.39 is 4.92 Å². The highest BCUT2D eigenvalue weighted by atomic mass is 35.5. The maximum Gasteiger partial charge on any atom is 0.276 e. The summed E-state index contributed by atoms with van der Waals surface area (Å²) >= 11 is 11.7. The van der Waals surface area contributed by atoms with E-state index in [9.17, 15) is 10.1 Å². The molecule has 0 aliphatic heterocycles. The average molecular weight is 298 g/mol. The van der Waals surface area contributed by atoms with Crippen LogP contribution in [0.25, 0.3) is 0 Å². The first-order valence-electron chi connectivity index (χ1n) is 5.37. The van der Waals surface area contributed by atoms with Crippen LogP contribution in [0.4, 0.5) is 5.69 Å². The monoisotopic (exact) mass is 297 g/mol. The van der Waals surface area contributed by atoms with Crippen LogP contribution >= 0.6 is 23.2 Å².